The molecule has 0 spiro atoms. The number of esters is 1. The van der Waals surface area contributed by atoms with Crippen LogP contribution in [0.1, 0.15) is 34.3 Å². The third-order valence-corrected chi connectivity index (χ3v) is 5.54. The minimum absolute atomic E-state index is 0.00419. The van der Waals surface area contributed by atoms with Crippen molar-refractivity contribution in [3.05, 3.63) is 72.6 Å². The second-order valence-electron chi connectivity index (χ2n) is 5.64. The van der Waals surface area contributed by atoms with Gasteiger partial charge in [0.1, 0.15) is 0 Å². The normalized spacial score (nSPS) is 13.0. The number of hydrogen-bond donors (Lipinski definition) is 0. The van der Waals surface area contributed by atoms with Gasteiger partial charge in [-0.25, -0.2) is 4.79 Å². The topological polar surface area (TPSA) is 26.3 Å². The Kier molecular flexibility index (Phi) is 7.85. The molecule has 0 aliphatic heterocycles. The van der Waals surface area contributed by atoms with Gasteiger partial charge in [-0.05, 0) is 58.2 Å². The zero-order valence-corrected chi connectivity index (χ0v) is 18.1. The van der Waals surface area contributed by atoms with Crippen LogP contribution >= 0.6 is 50.7 Å². The maximum absolute atomic E-state index is 13.6. The van der Waals surface area contributed by atoms with Crippen LogP contribution < -0.4 is 0 Å². The van der Waals surface area contributed by atoms with Crippen molar-refractivity contribution in [1.29, 1.82) is 0 Å². The van der Waals surface area contributed by atoms with Crippen LogP contribution in [-0.2, 0) is 4.74 Å². The summed E-state index contributed by atoms with van der Waals surface area (Å²) in [4.78, 5) is 11.8. The lowest BCUT2D eigenvalue weighted by molar-refractivity contribution is -0.139. The molecule has 0 amide bonds. The molecule has 0 heterocycles. The van der Waals surface area contributed by atoms with Crippen molar-refractivity contribution in [2.45, 2.75) is 19.0 Å². The maximum atomic E-state index is 13.6. The predicted molar refractivity (Wildman–Crippen MR) is 109 cm³/mol. The summed E-state index contributed by atoms with van der Waals surface area (Å²) in [5.74, 6) is -2.47. The minimum atomic E-state index is -4.57. The van der Waals surface area contributed by atoms with E-state index in [0.29, 0.717) is 10.0 Å². The third kappa shape index (κ3) is 5.66. The van der Waals surface area contributed by atoms with Crippen LogP contribution in [0.15, 0.2) is 40.9 Å². The first-order valence-electron chi connectivity index (χ1n) is 7.90. The lowest BCUT2D eigenvalue weighted by Crippen LogP contribution is -2.19. The zero-order valence-electron chi connectivity index (χ0n) is 14.3. The van der Waals surface area contributed by atoms with E-state index in [1.54, 1.807) is 6.92 Å². The van der Waals surface area contributed by atoms with E-state index in [4.69, 9.17) is 39.5 Å². The molecule has 2 rings (SSSR count). The number of rotatable bonds is 5. The van der Waals surface area contributed by atoms with E-state index in [2.05, 4.69) is 15.9 Å². The highest BCUT2D eigenvalue weighted by atomic mass is 79.9. The molecule has 2 nitrogen and oxygen atoms in total. The van der Waals surface area contributed by atoms with E-state index in [-0.39, 0.29) is 32.8 Å². The van der Waals surface area contributed by atoms with Crippen LogP contribution in [0.5, 0.6) is 0 Å². The number of alkyl halides is 3. The molecule has 0 radical (unpaired) electrons. The van der Waals surface area contributed by atoms with Crippen molar-refractivity contribution in [2.24, 2.45) is 0 Å². The van der Waals surface area contributed by atoms with Crippen molar-refractivity contribution < 1.29 is 22.7 Å². The second kappa shape index (κ2) is 9.53. The third-order valence-electron chi connectivity index (χ3n) is 3.69. The van der Waals surface area contributed by atoms with Gasteiger partial charge in [-0.3, -0.25) is 0 Å². The zero-order chi connectivity index (χ0) is 21.1. The van der Waals surface area contributed by atoms with Crippen molar-refractivity contribution in [3.8, 4) is 0 Å². The first-order chi connectivity index (χ1) is 13.0. The fourth-order valence-electron chi connectivity index (χ4n) is 2.38. The molecule has 9 heteroatoms. The molecule has 28 heavy (non-hydrogen) atoms. The molecule has 2 aromatic rings. The Morgan fingerprint density at radius 1 is 1.18 bits per heavy atom. The average Bonchev–Trinajstić information content (AvgIpc) is 2.58. The summed E-state index contributed by atoms with van der Waals surface area (Å²) in [6.07, 6.45) is -2.28. The molecular formula is C19H13BrCl3F3O2. The van der Waals surface area contributed by atoms with Crippen molar-refractivity contribution in [1.82, 2.24) is 0 Å². The number of ether oxygens (including phenoxy) is 1. The van der Waals surface area contributed by atoms with Gasteiger partial charge >= 0.3 is 12.1 Å². The van der Waals surface area contributed by atoms with E-state index in [1.165, 1.54) is 24.3 Å². The molecule has 0 aromatic heterocycles. The van der Waals surface area contributed by atoms with Crippen LogP contribution in [0.25, 0.3) is 6.08 Å². The Bertz CT molecular complexity index is 891. The molecule has 0 aliphatic carbocycles. The smallest absolute Gasteiger partial charge is 0.399 e. The van der Waals surface area contributed by atoms with Gasteiger partial charge in [0.05, 0.1) is 33.2 Å². The SMILES string of the molecule is CCOC(=O)c1ccc(C=CC(c2cc(Cl)c(Cl)c(Cl)c2)C(F)(F)F)cc1Br. The van der Waals surface area contributed by atoms with E-state index in [1.807, 2.05) is 0 Å². The summed E-state index contributed by atoms with van der Waals surface area (Å²) in [7, 11) is 0. The summed E-state index contributed by atoms with van der Waals surface area (Å²) in [6, 6.07) is 6.79. The monoisotopic (exact) mass is 514 g/mol. The molecule has 2 aromatic carbocycles. The van der Waals surface area contributed by atoms with Crippen LogP contribution in [-0.4, -0.2) is 18.8 Å². The number of benzene rings is 2. The van der Waals surface area contributed by atoms with Gasteiger partial charge in [-0.2, -0.15) is 13.2 Å². The molecule has 0 saturated carbocycles. The largest absolute Gasteiger partial charge is 0.462 e. The van der Waals surface area contributed by atoms with Gasteiger partial charge in [0.2, 0.25) is 0 Å². The average molecular weight is 517 g/mol. The first-order valence-corrected chi connectivity index (χ1v) is 9.83. The van der Waals surface area contributed by atoms with E-state index in [9.17, 15) is 18.0 Å². The quantitative estimate of drug-likeness (QED) is 0.298. The summed E-state index contributed by atoms with van der Waals surface area (Å²) in [5.41, 5.74) is 0.605. The van der Waals surface area contributed by atoms with Crippen molar-refractivity contribution >= 4 is 62.8 Å². The Morgan fingerprint density at radius 2 is 1.79 bits per heavy atom. The van der Waals surface area contributed by atoms with Gasteiger partial charge in [-0.1, -0.05) is 53.0 Å². The van der Waals surface area contributed by atoms with Gasteiger partial charge in [0.15, 0.2) is 0 Å². The van der Waals surface area contributed by atoms with E-state index >= 15 is 0 Å². The van der Waals surface area contributed by atoms with Gasteiger partial charge in [0.25, 0.3) is 0 Å². The molecule has 0 N–H and O–H groups in total. The number of halogens is 7. The van der Waals surface area contributed by atoms with Crippen LogP contribution in [0.3, 0.4) is 0 Å². The molecule has 1 atom stereocenters. The highest BCUT2D eigenvalue weighted by molar-refractivity contribution is 9.10. The minimum Gasteiger partial charge on any atom is -0.462 e. The predicted octanol–water partition coefficient (Wildman–Crippen LogP) is 7.95. The number of carbonyl (C=O) groups excluding carboxylic acids is 1. The molecule has 0 fully saturated rings. The highest BCUT2D eigenvalue weighted by Crippen LogP contribution is 2.41. The lowest BCUT2D eigenvalue weighted by atomic mass is 9.97. The molecular weight excluding hydrogens is 503 g/mol. The summed E-state index contributed by atoms with van der Waals surface area (Å²) >= 11 is 20.8. The van der Waals surface area contributed by atoms with Crippen LogP contribution in [0.4, 0.5) is 13.2 Å². The second-order valence-corrected chi connectivity index (χ2v) is 7.68. The fraction of sp³-hybridized carbons (Fsp3) is 0.211. The summed E-state index contributed by atoms with van der Waals surface area (Å²) in [6.45, 7) is 1.89. The Labute approximate surface area is 183 Å². The number of allylic oxidation sites excluding steroid dienone is 1. The molecule has 1 unspecified atom stereocenters. The van der Waals surface area contributed by atoms with Gasteiger partial charge < -0.3 is 4.74 Å². The summed E-state index contributed by atoms with van der Waals surface area (Å²) in [5, 5.41) is -0.128. The highest BCUT2D eigenvalue weighted by Gasteiger charge is 2.39. The van der Waals surface area contributed by atoms with E-state index in [0.717, 1.165) is 18.2 Å². The van der Waals surface area contributed by atoms with Crippen LogP contribution in [0.2, 0.25) is 15.1 Å². The molecule has 0 aliphatic rings. The van der Waals surface area contributed by atoms with Gasteiger partial charge in [-0.15, -0.1) is 0 Å². The van der Waals surface area contributed by atoms with E-state index < -0.39 is 18.1 Å². The Morgan fingerprint density at radius 3 is 2.29 bits per heavy atom. The molecule has 0 saturated heterocycles. The summed E-state index contributed by atoms with van der Waals surface area (Å²) < 4.78 is 46.0. The lowest BCUT2D eigenvalue weighted by Gasteiger charge is -2.18. The number of carbonyl (C=O) groups is 1. The number of hydrogen-bond acceptors (Lipinski definition) is 2. The molecule has 150 valence electrons. The van der Waals surface area contributed by atoms with Crippen molar-refractivity contribution in [3.63, 3.8) is 0 Å². The fourth-order valence-corrected chi connectivity index (χ4v) is 3.55. The first kappa shape index (κ1) is 23.1. The van der Waals surface area contributed by atoms with Crippen LogP contribution in [0, 0.1) is 0 Å². The molecule has 0 bridgehead atoms. The standard InChI is InChI=1S/C19H13BrCl3F3O2/c1-2-28-18(27)12-5-3-10(7-14(12)20)4-6-13(19(24,25)26)11-8-15(21)17(23)16(22)9-11/h3-9,13H,2H2,1H3. The maximum Gasteiger partial charge on any atom is 0.399 e. The Balaban J connectivity index is 2.37. The Hall–Kier alpha value is -1.21. The van der Waals surface area contributed by atoms with Gasteiger partial charge in [0, 0.05) is 4.47 Å². The van der Waals surface area contributed by atoms with Crippen molar-refractivity contribution in [2.75, 3.05) is 6.61 Å².